The van der Waals surface area contributed by atoms with E-state index in [0.29, 0.717) is 4.88 Å². The Bertz CT molecular complexity index is 721. The van der Waals surface area contributed by atoms with Crippen molar-refractivity contribution in [2.45, 2.75) is 53.4 Å². The maximum atomic E-state index is 11.2. The minimum Gasteiger partial charge on any atom is -0.477 e. The fraction of sp³-hybridized carbons (Fsp3) is 0.450. The van der Waals surface area contributed by atoms with Crippen LogP contribution in [0.1, 0.15) is 67.1 Å². The van der Waals surface area contributed by atoms with Crippen LogP contribution in [0.15, 0.2) is 29.4 Å². The van der Waals surface area contributed by atoms with Gasteiger partial charge in [0.25, 0.3) is 0 Å². The van der Waals surface area contributed by atoms with Gasteiger partial charge in [0.1, 0.15) is 4.88 Å². The first kappa shape index (κ1) is 17.6. The predicted octanol–water partition coefficient (Wildman–Crippen LogP) is 5.44. The number of aromatic carboxylic acids is 1. The molecular weight excluding hydrogens is 304 g/mol. The molecule has 0 spiro atoms. The molecule has 1 aromatic rings. The van der Waals surface area contributed by atoms with E-state index in [1.54, 1.807) is 0 Å². The Morgan fingerprint density at radius 2 is 2.22 bits per heavy atom. The van der Waals surface area contributed by atoms with Crippen molar-refractivity contribution in [3.8, 4) is 11.8 Å². The zero-order valence-corrected chi connectivity index (χ0v) is 15.1. The van der Waals surface area contributed by atoms with Crippen molar-refractivity contribution in [2.75, 3.05) is 0 Å². The first-order valence-corrected chi connectivity index (χ1v) is 8.91. The average molecular weight is 328 g/mol. The van der Waals surface area contributed by atoms with E-state index < -0.39 is 5.97 Å². The van der Waals surface area contributed by atoms with Crippen LogP contribution in [0, 0.1) is 17.3 Å². The molecule has 0 saturated carbocycles. The first-order valence-electron chi connectivity index (χ1n) is 8.09. The quantitative estimate of drug-likeness (QED) is 0.750. The van der Waals surface area contributed by atoms with Gasteiger partial charge in [-0.3, -0.25) is 0 Å². The van der Waals surface area contributed by atoms with Gasteiger partial charge in [-0.2, -0.15) is 0 Å². The minimum atomic E-state index is -0.861. The molecule has 0 aromatic carbocycles. The van der Waals surface area contributed by atoms with Crippen LogP contribution in [0.4, 0.5) is 0 Å². The van der Waals surface area contributed by atoms with Crippen molar-refractivity contribution in [1.29, 1.82) is 0 Å². The Balaban J connectivity index is 2.19. The second kappa shape index (κ2) is 7.19. The minimum absolute atomic E-state index is 0.218. The number of carboxylic acids is 1. The van der Waals surface area contributed by atoms with E-state index in [0.717, 1.165) is 16.9 Å². The van der Waals surface area contributed by atoms with Gasteiger partial charge < -0.3 is 5.11 Å². The second-order valence-electron chi connectivity index (χ2n) is 6.66. The molecule has 2 rings (SSSR count). The summed E-state index contributed by atoms with van der Waals surface area (Å²) >= 11 is 1.26. The van der Waals surface area contributed by atoms with Crippen molar-refractivity contribution in [3.05, 3.63) is 44.7 Å². The summed E-state index contributed by atoms with van der Waals surface area (Å²) in [6.07, 6.45) is 8.39. The summed E-state index contributed by atoms with van der Waals surface area (Å²) in [5, 5.41) is 9.18. The number of hydrogen-bond acceptors (Lipinski definition) is 2. The number of carboxylic acid groups (broad SMARTS) is 1. The highest BCUT2D eigenvalue weighted by Gasteiger charge is 2.26. The molecule has 1 N–H and O–H groups in total. The van der Waals surface area contributed by atoms with Crippen LogP contribution >= 0.6 is 11.3 Å². The molecule has 122 valence electrons. The van der Waals surface area contributed by atoms with E-state index in [-0.39, 0.29) is 5.41 Å². The normalized spacial score (nSPS) is 17.2. The third-order valence-corrected chi connectivity index (χ3v) is 5.54. The van der Waals surface area contributed by atoms with E-state index >= 15 is 0 Å². The van der Waals surface area contributed by atoms with Crippen molar-refractivity contribution < 1.29 is 9.90 Å². The number of hydrogen-bond donors (Lipinski definition) is 1. The monoisotopic (exact) mass is 328 g/mol. The summed E-state index contributed by atoms with van der Waals surface area (Å²) in [6.45, 7) is 8.75. The summed E-state index contributed by atoms with van der Waals surface area (Å²) in [4.78, 5) is 12.4. The van der Waals surface area contributed by atoms with E-state index in [1.807, 2.05) is 19.1 Å². The summed E-state index contributed by atoms with van der Waals surface area (Å²) < 4.78 is 0. The number of carbonyl (C=O) groups is 1. The predicted molar refractivity (Wildman–Crippen MR) is 97.0 cm³/mol. The highest BCUT2D eigenvalue weighted by molar-refractivity contribution is 7.14. The molecule has 0 radical (unpaired) electrons. The van der Waals surface area contributed by atoms with Crippen molar-refractivity contribution in [2.24, 2.45) is 5.41 Å². The van der Waals surface area contributed by atoms with E-state index in [1.165, 1.54) is 41.7 Å². The molecule has 1 aliphatic carbocycles. The fourth-order valence-corrected chi connectivity index (χ4v) is 4.13. The number of thiophene rings is 1. The van der Waals surface area contributed by atoms with Crippen LogP contribution in [0.25, 0.3) is 0 Å². The summed E-state index contributed by atoms with van der Waals surface area (Å²) in [6, 6.07) is 1.89. The van der Waals surface area contributed by atoms with Crippen molar-refractivity contribution in [1.82, 2.24) is 0 Å². The Hall–Kier alpha value is -1.79. The number of aryl methyl sites for hydroxylation is 1. The highest BCUT2D eigenvalue weighted by Crippen LogP contribution is 2.40. The molecule has 1 aromatic heterocycles. The smallest absolute Gasteiger partial charge is 0.346 e. The van der Waals surface area contributed by atoms with E-state index in [4.69, 9.17) is 0 Å². The van der Waals surface area contributed by atoms with Gasteiger partial charge in [-0.1, -0.05) is 44.3 Å². The average Bonchev–Trinajstić information content (AvgIpc) is 2.89. The maximum absolute atomic E-state index is 11.2. The molecule has 3 heteroatoms. The molecule has 0 atom stereocenters. The van der Waals surface area contributed by atoms with Crippen LogP contribution in [-0.4, -0.2) is 11.1 Å². The van der Waals surface area contributed by atoms with Gasteiger partial charge in [0.05, 0.1) is 4.88 Å². The van der Waals surface area contributed by atoms with E-state index in [9.17, 15) is 9.90 Å². The van der Waals surface area contributed by atoms with Gasteiger partial charge in [-0.15, -0.1) is 11.3 Å². The summed E-state index contributed by atoms with van der Waals surface area (Å²) in [5.41, 5.74) is 3.93. The SMILES string of the molecule is CCc1cc(C#C/C=C/C2=C(C)CCCC2(C)C)sc1C(=O)O. The lowest BCUT2D eigenvalue weighted by molar-refractivity contribution is 0.0701. The molecule has 2 nitrogen and oxygen atoms in total. The molecule has 0 bridgehead atoms. The Kier molecular flexibility index (Phi) is 5.49. The van der Waals surface area contributed by atoms with Crippen LogP contribution in [-0.2, 0) is 6.42 Å². The van der Waals surface area contributed by atoms with Crippen molar-refractivity contribution >= 4 is 17.3 Å². The zero-order valence-electron chi connectivity index (χ0n) is 14.3. The third kappa shape index (κ3) is 4.14. The van der Waals surface area contributed by atoms with Gasteiger partial charge in [0, 0.05) is 0 Å². The van der Waals surface area contributed by atoms with Gasteiger partial charge in [-0.05, 0) is 61.3 Å². The number of rotatable bonds is 3. The Morgan fingerprint density at radius 1 is 1.48 bits per heavy atom. The van der Waals surface area contributed by atoms with Gasteiger partial charge in [-0.25, -0.2) is 4.79 Å². The standard InChI is InChI=1S/C20H24O2S/c1-5-15-13-16(23-18(15)19(21)22)10-6-7-11-17-14(2)9-8-12-20(17,3)4/h7,11,13H,5,8-9,12H2,1-4H3,(H,21,22)/b11-7+. The molecule has 0 amide bonds. The largest absolute Gasteiger partial charge is 0.477 e. The highest BCUT2D eigenvalue weighted by atomic mass is 32.1. The van der Waals surface area contributed by atoms with Gasteiger partial charge in [0.15, 0.2) is 0 Å². The zero-order chi connectivity index (χ0) is 17.0. The Morgan fingerprint density at radius 3 is 2.78 bits per heavy atom. The molecule has 1 heterocycles. The first-order chi connectivity index (χ1) is 10.8. The summed E-state index contributed by atoms with van der Waals surface area (Å²) in [5.74, 6) is 5.27. The fourth-order valence-electron chi connectivity index (χ4n) is 3.18. The molecule has 0 aliphatic heterocycles. The van der Waals surface area contributed by atoms with Crippen molar-refractivity contribution in [3.63, 3.8) is 0 Å². The molecular formula is C20H24O2S. The molecule has 1 aliphatic rings. The van der Waals surface area contributed by atoms with Crippen LogP contribution in [0.2, 0.25) is 0 Å². The van der Waals surface area contributed by atoms with E-state index in [2.05, 4.69) is 38.7 Å². The second-order valence-corrected chi connectivity index (χ2v) is 7.71. The topological polar surface area (TPSA) is 37.3 Å². The lowest BCUT2D eigenvalue weighted by Crippen LogP contribution is -2.18. The summed E-state index contributed by atoms with van der Waals surface area (Å²) in [7, 11) is 0. The maximum Gasteiger partial charge on any atom is 0.346 e. The van der Waals surface area contributed by atoms with Crippen LogP contribution in [0.5, 0.6) is 0 Å². The lowest BCUT2D eigenvalue weighted by Gasteiger charge is -2.32. The molecule has 0 saturated heterocycles. The third-order valence-electron chi connectivity index (χ3n) is 4.46. The van der Waals surface area contributed by atoms with Gasteiger partial charge >= 0.3 is 5.97 Å². The number of allylic oxidation sites excluding steroid dienone is 4. The lowest BCUT2D eigenvalue weighted by atomic mass is 9.73. The molecule has 0 unspecified atom stereocenters. The van der Waals surface area contributed by atoms with Crippen LogP contribution in [0.3, 0.4) is 0 Å². The molecule has 0 fully saturated rings. The Labute approximate surface area is 142 Å². The van der Waals surface area contributed by atoms with Crippen LogP contribution < -0.4 is 0 Å². The molecule has 23 heavy (non-hydrogen) atoms. The van der Waals surface area contributed by atoms with Gasteiger partial charge in [0.2, 0.25) is 0 Å².